The van der Waals surface area contributed by atoms with E-state index in [4.69, 9.17) is 0 Å². The van der Waals surface area contributed by atoms with E-state index >= 15 is 0 Å². The average molecular weight is 353 g/mol. The zero-order valence-electron chi connectivity index (χ0n) is 14.4. The maximum Gasteiger partial charge on any atom is 0.243 e. The third kappa shape index (κ3) is 4.55. The maximum atomic E-state index is 12.8. The number of benzene rings is 1. The summed E-state index contributed by atoms with van der Waals surface area (Å²) in [5.74, 6) is -0.207. The average Bonchev–Trinajstić information content (AvgIpc) is 3.05. The second-order valence-electron chi connectivity index (χ2n) is 6.13. The lowest BCUT2D eigenvalue weighted by molar-refractivity contribution is -0.124. The second kappa shape index (κ2) is 8.60. The van der Waals surface area contributed by atoms with Crippen LogP contribution >= 0.6 is 0 Å². The number of nitrogens with one attached hydrogen (secondary N) is 2. The predicted molar refractivity (Wildman–Crippen MR) is 94.3 cm³/mol. The number of aryl methyl sites for hydroxylation is 1. The number of nitrogens with zero attached hydrogens (tertiary/aromatic N) is 1. The van der Waals surface area contributed by atoms with Gasteiger partial charge >= 0.3 is 0 Å². The molecule has 0 bridgehead atoms. The highest BCUT2D eigenvalue weighted by atomic mass is 32.2. The van der Waals surface area contributed by atoms with Crippen LogP contribution in [-0.2, 0) is 14.8 Å². The Morgan fingerprint density at radius 3 is 2.58 bits per heavy atom. The maximum absolute atomic E-state index is 12.8. The number of rotatable bonds is 8. The van der Waals surface area contributed by atoms with Crippen LogP contribution in [0.5, 0.6) is 0 Å². The molecular weight excluding hydrogens is 326 g/mol. The molecule has 1 fully saturated rings. The third-order valence-corrected chi connectivity index (χ3v) is 6.08. The molecule has 134 valence electrons. The molecule has 1 aliphatic rings. The number of hydrogen-bond acceptors (Lipinski definition) is 4. The summed E-state index contributed by atoms with van der Waals surface area (Å²) in [6.45, 7) is 6.49. The van der Waals surface area contributed by atoms with Crippen LogP contribution in [0.3, 0.4) is 0 Å². The summed E-state index contributed by atoms with van der Waals surface area (Å²) in [5, 5.41) is 6.05. The standard InChI is InChI=1S/C17H27N3O3S/c1-3-10-18-11-12-19-17(21)16-5-4-13-20(16)24(22,23)15-8-6-14(2)7-9-15/h6-9,16,18H,3-5,10-13H2,1-2H3,(H,19,21). The molecule has 2 rings (SSSR count). The van der Waals surface area contributed by atoms with Crippen LogP contribution in [0.15, 0.2) is 29.2 Å². The van der Waals surface area contributed by atoms with E-state index in [1.807, 2.05) is 6.92 Å². The van der Waals surface area contributed by atoms with Crippen molar-refractivity contribution < 1.29 is 13.2 Å². The Kier molecular flexibility index (Phi) is 6.77. The van der Waals surface area contributed by atoms with Gasteiger partial charge in [0, 0.05) is 19.6 Å². The minimum atomic E-state index is -3.63. The SMILES string of the molecule is CCCNCCNC(=O)C1CCCN1S(=O)(=O)c1ccc(C)cc1. The Morgan fingerprint density at radius 2 is 1.92 bits per heavy atom. The molecule has 1 unspecified atom stereocenters. The largest absolute Gasteiger partial charge is 0.353 e. The Labute approximate surface area is 144 Å². The lowest BCUT2D eigenvalue weighted by Crippen LogP contribution is -2.47. The topological polar surface area (TPSA) is 78.5 Å². The first-order chi connectivity index (χ1) is 11.5. The molecule has 1 aromatic carbocycles. The highest BCUT2D eigenvalue weighted by Gasteiger charge is 2.39. The molecule has 6 nitrogen and oxygen atoms in total. The second-order valence-corrected chi connectivity index (χ2v) is 8.02. The summed E-state index contributed by atoms with van der Waals surface area (Å²) < 4.78 is 27.0. The minimum absolute atomic E-state index is 0.207. The summed E-state index contributed by atoms with van der Waals surface area (Å²) in [6.07, 6.45) is 2.32. The summed E-state index contributed by atoms with van der Waals surface area (Å²) >= 11 is 0. The molecule has 0 aliphatic carbocycles. The van der Waals surface area contributed by atoms with Gasteiger partial charge in [-0.15, -0.1) is 0 Å². The smallest absolute Gasteiger partial charge is 0.243 e. The van der Waals surface area contributed by atoms with Crippen molar-refractivity contribution in [2.75, 3.05) is 26.2 Å². The van der Waals surface area contributed by atoms with Gasteiger partial charge < -0.3 is 10.6 Å². The summed E-state index contributed by atoms with van der Waals surface area (Å²) in [5.41, 5.74) is 1.00. The van der Waals surface area contributed by atoms with Gasteiger partial charge in [-0.25, -0.2) is 8.42 Å². The fourth-order valence-corrected chi connectivity index (χ4v) is 4.49. The van der Waals surface area contributed by atoms with Crippen molar-refractivity contribution in [1.29, 1.82) is 0 Å². The fraction of sp³-hybridized carbons (Fsp3) is 0.588. The van der Waals surface area contributed by atoms with Gasteiger partial charge in [-0.05, 0) is 44.9 Å². The van der Waals surface area contributed by atoms with Gasteiger partial charge in [-0.2, -0.15) is 4.31 Å². The van der Waals surface area contributed by atoms with Gasteiger partial charge in [0.1, 0.15) is 6.04 Å². The van der Waals surface area contributed by atoms with Crippen molar-refractivity contribution >= 4 is 15.9 Å². The molecule has 24 heavy (non-hydrogen) atoms. The van der Waals surface area contributed by atoms with Crippen LogP contribution in [0.4, 0.5) is 0 Å². The van der Waals surface area contributed by atoms with E-state index in [0.717, 1.165) is 18.5 Å². The van der Waals surface area contributed by atoms with Crippen LogP contribution in [0.25, 0.3) is 0 Å². The molecule has 0 radical (unpaired) electrons. The highest BCUT2D eigenvalue weighted by molar-refractivity contribution is 7.89. The zero-order valence-corrected chi connectivity index (χ0v) is 15.2. The first-order valence-corrected chi connectivity index (χ1v) is 9.97. The molecule has 0 saturated carbocycles. The molecule has 1 amide bonds. The predicted octanol–water partition coefficient (Wildman–Crippen LogP) is 1.26. The lowest BCUT2D eigenvalue weighted by atomic mass is 10.2. The van der Waals surface area contributed by atoms with Gasteiger partial charge in [-0.1, -0.05) is 24.6 Å². The molecule has 0 aromatic heterocycles. The number of carbonyl (C=O) groups excluding carboxylic acids is 1. The highest BCUT2D eigenvalue weighted by Crippen LogP contribution is 2.26. The van der Waals surface area contributed by atoms with Crippen LogP contribution in [0, 0.1) is 6.92 Å². The molecule has 1 heterocycles. The third-order valence-electron chi connectivity index (χ3n) is 4.16. The Bertz CT molecular complexity index is 644. The molecule has 1 atom stereocenters. The van der Waals surface area contributed by atoms with Gasteiger partial charge in [-0.3, -0.25) is 4.79 Å². The van der Waals surface area contributed by atoms with E-state index in [9.17, 15) is 13.2 Å². The first kappa shape index (κ1) is 18.9. The Hall–Kier alpha value is -1.44. The molecule has 2 N–H and O–H groups in total. The zero-order chi connectivity index (χ0) is 17.6. The van der Waals surface area contributed by atoms with Crippen LogP contribution in [0.1, 0.15) is 31.7 Å². The molecule has 1 saturated heterocycles. The van der Waals surface area contributed by atoms with Crippen molar-refractivity contribution in [3.63, 3.8) is 0 Å². The van der Waals surface area contributed by atoms with E-state index in [0.29, 0.717) is 32.5 Å². The van der Waals surface area contributed by atoms with Crippen molar-refractivity contribution in [2.45, 2.75) is 44.0 Å². The lowest BCUT2D eigenvalue weighted by Gasteiger charge is -2.23. The van der Waals surface area contributed by atoms with E-state index in [1.165, 1.54) is 4.31 Å². The number of hydrogen-bond donors (Lipinski definition) is 2. The van der Waals surface area contributed by atoms with Crippen molar-refractivity contribution in [1.82, 2.24) is 14.9 Å². The molecule has 1 aromatic rings. The minimum Gasteiger partial charge on any atom is -0.353 e. The Morgan fingerprint density at radius 1 is 1.21 bits per heavy atom. The van der Waals surface area contributed by atoms with E-state index < -0.39 is 16.1 Å². The van der Waals surface area contributed by atoms with E-state index in [1.54, 1.807) is 24.3 Å². The molecule has 0 spiro atoms. The normalized spacial score (nSPS) is 18.7. The van der Waals surface area contributed by atoms with E-state index in [2.05, 4.69) is 17.6 Å². The van der Waals surface area contributed by atoms with Crippen molar-refractivity contribution in [2.24, 2.45) is 0 Å². The number of amides is 1. The van der Waals surface area contributed by atoms with Gasteiger partial charge in [0.15, 0.2) is 0 Å². The fourth-order valence-electron chi connectivity index (χ4n) is 2.83. The van der Waals surface area contributed by atoms with Crippen molar-refractivity contribution in [3.05, 3.63) is 29.8 Å². The number of carbonyl (C=O) groups is 1. The summed E-state index contributed by atoms with van der Waals surface area (Å²) in [7, 11) is -3.63. The van der Waals surface area contributed by atoms with Gasteiger partial charge in [0.25, 0.3) is 0 Å². The van der Waals surface area contributed by atoms with Crippen LogP contribution in [-0.4, -0.2) is 50.9 Å². The van der Waals surface area contributed by atoms with E-state index in [-0.39, 0.29) is 10.8 Å². The molecule has 7 heteroatoms. The summed E-state index contributed by atoms with van der Waals surface area (Å²) in [4.78, 5) is 12.6. The van der Waals surface area contributed by atoms with Crippen LogP contribution in [0.2, 0.25) is 0 Å². The summed E-state index contributed by atoms with van der Waals surface area (Å²) in [6, 6.07) is 6.15. The van der Waals surface area contributed by atoms with Gasteiger partial charge in [0.05, 0.1) is 4.90 Å². The first-order valence-electron chi connectivity index (χ1n) is 8.53. The number of sulfonamides is 1. The Balaban J connectivity index is 2.01. The molecular formula is C17H27N3O3S. The monoisotopic (exact) mass is 353 g/mol. The van der Waals surface area contributed by atoms with Gasteiger partial charge in [0.2, 0.25) is 15.9 Å². The van der Waals surface area contributed by atoms with Crippen molar-refractivity contribution in [3.8, 4) is 0 Å². The van der Waals surface area contributed by atoms with Crippen LogP contribution < -0.4 is 10.6 Å². The molecule has 1 aliphatic heterocycles. The quantitative estimate of drug-likeness (QED) is 0.690.